The van der Waals surface area contributed by atoms with Gasteiger partial charge in [-0.2, -0.15) is 0 Å². The molecule has 0 spiro atoms. The number of fused-ring (bicyclic) bond motifs is 1. The molecule has 0 unspecified atom stereocenters. The predicted molar refractivity (Wildman–Crippen MR) is 123 cm³/mol. The van der Waals surface area contributed by atoms with Gasteiger partial charge >= 0.3 is 11.6 Å². The van der Waals surface area contributed by atoms with Crippen molar-refractivity contribution >= 4 is 16.9 Å². The van der Waals surface area contributed by atoms with Crippen molar-refractivity contribution in [2.24, 2.45) is 0 Å². The highest BCUT2D eigenvalue weighted by molar-refractivity contribution is 5.94. The van der Waals surface area contributed by atoms with E-state index in [0.717, 1.165) is 18.4 Å². The molecule has 0 amide bonds. The lowest BCUT2D eigenvalue weighted by Crippen LogP contribution is -2.16. The van der Waals surface area contributed by atoms with E-state index in [-0.39, 0.29) is 35.0 Å². The molecule has 0 saturated heterocycles. The highest BCUT2D eigenvalue weighted by atomic mass is 16.6. The number of phenolic OH excluding ortho intramolecular Hbond substituents is 1. The maximum Gasteiger partial charge on any atom is 0.383 e. The Balaban J connectivity index is 1.92. The quantitative estimate of drug-likeness (QED) is 0.274. The number of phenols is 1. The maximum absolute atomic E-state index is 12.6. The molecule has 1 N–H and O–H groups in total. The Kier molecular flexibility index (Phi) is 7.49. The van der Waals surface area contributed by atoms with Gasteiger partial charge in [0.1, 0.15) is 6.61 Å². The number of esters is 1. The van der Waals surface area contributed by atoms with Crippen LogP contribution in [0.25, 0.3) is 11.0 Å². The van der Waals surface area contributed by atoms with E-state index >= 15 is 0 Å². The van der Waals surface area contributed by atoms with Gasteiger partial charge in [-0.3, -0.25) is 0 Å². The zero-order valence-electron chi connectivity index (χ0n) is 18.4. The average molecular weight is 434 g/mol. The van der Waals surface area contributed by atoms with Crippen molar-refractivity contribution in [1.29, 1.82) is 0 Å². The van der Waals surface area contributed by atoms with E-state index in [9.17, 15) is 14.7 Å². The molecule has 0 fully saturated rings. The fraction of sp³-hybridized carbons (Fsp3) is 0.231. The van der Waals surface area contributed by atoms with Crippen LogP contribution in [0.4, 0.5) is 0 Å². The molecule has 0 saturated carbocycles. The summed E-state index contributed by atoms with van der Waals surface area (Å²) in [5.41, 5.74) is 1.73. The predicted octanol–water partition coefficient (Wildman–Crippen LogP) is 5.79. The van der Waals surface area contributed by atoms with Crippen LogP contribution in [0.1, 0.15) is 44.0 Å². The van der Waals surface area contributed by atoms with Gasteiger partial charge in [0, 0.05) is 0 Å². The first-order valence-electron chi connectivity index (χ1n) is 10.3. The second kappa shape index (κ2) is 10.5. The third-order valence-electron chi connectivity index (χ3n) is 4.78. The topological polar surface area (TPSA) is 86.0 Å². The van der Waals surface area contributed by atoms with E-state index in [1.807, 2.05) is 13.0 Å². The Labute approximate surface area is 186 Å². The number of hydrogen-bond acceptors (Lipinski definition) is 6. The van der Waals surface area contributed by atoms with Crippen molar-refractivity contribution in [3.05, 3.63) is 87.8 Å². The van der Waals surface area contributed by atoms with Gasteiger partial charge in [0.25, 0.3) is 5.75 Å². The van der Waals surface area contributed by atoms with Gasteiger partial charge in [-0.1, -0.05) is 41.5 Å². The van der Waals surface area contributed by atoms with Crippen LogP contribution in [0, 0.1) is 0 Å². The van der Waals surface area contributed by atoms with Gasteiger partial charge < -0.3 is 19.0 Å². The number of allylic oxidation sites excluding steroid dienone is 3. The molecule has 1 heterocycles. The number of carbonyl (C=O) groups excluding carboxylic acids is 1. The second-order valence-electron chi connectivity index (χ2n) is 7.64. The van der Waals surface area contributed by atoms with Crippen molar-refractivity contribution in [3.63, 3.8) is 0 Å². The number of benzene rings is 2. The number of carbonyl (C=O) groups is 1. The zero-order valence-corrected chi connectivity index (χ0v) is 18.4. The first-order chi connectivity index (χ1) is 15.4. The minimum atomic E-state index is -0.914. The normalized spacial score (nSPS) is 11.3. The van der Waals surface area contributed by atoms with E-state index in [1.165, 1.54) is 11.6 Å². The molecule has 0 atom stereocenters. The van der Waals surface area contributed by atoms with Crippen molar-refractivity contribution in [2.75, 3.05) is 6.61 Å². The molecular formula is C26H26O6. The molecule has 0 aliphatic carbocycles. The molecule has 0 aliphatic rings. The van der Waals surface area contributed by atoms with E-state index < -0.39 is 11.6 Å². The fourth-order valence-corrected chi connectivity index (χ4v) is 3.08. The summed E-state index contributed by atoms with van der Waals surface area (Å²) in [5, 5.41) is 10.4. The Morgan fingerprint density at radius 2 is 1.75 bits per heavy atom. The highest BCUT2D eigenvalue weighted by Gasteiger charge is 2.22. The maximum atomic E-state index is 12.6. The summed E-state index contributed by atoms with van der Waals surface area (Å²) in [6, 6.07) is 12.9. The average Bonchev–Trinajstić information content (AvgIpc) is 2.76. The standard InChI is InChI=1S/C26H26O6/c1-17(2)9-7-10-18(3)15-16-30-23-20-13-8-14-21(27)22(20)31-26(29)24(23)32-25(28)19-11-5-4-6-12-19/h4-6,8-9,11-15,27H,7,10,16H2,1-3H3/b18-15+. The van der Waals surface area contributed by atoms with Crippen molar-refractivity contribution in [3.8, 4) is 17.2 Å². The summed E-state index contributed by atoms with van der Waals surface area (Å²) >= 11 is 0. The smallest absolute Gasteiger partial charge is 0.383 e. The number of hydrogen-bond donors (Lipinski definition) is 1. The first kappa shape index (κ1) is 22.9. The van der Waals surface area contributed by atoms with Gasteiger partial charge in [-0.05, 0) is 64.0 Å². The second-order valence-corrected chi connectivity index (χ2v) is 7.64. The molecular weight excluding hydrogens is 408 g/mol. The lowest BCUT2D eigenvalue weighted by molar-refractivity contribution is 0.0722. The highest BCUT2D eigenvalue weighted by Crippen LogP contribution is 2.36. The van der Waals surface area contributed by atoms with Crippen LogP contribution in [0.3, 0.4) is 0 Å². The molecule has 32 heavy (non-hydrogen) atoms. The Hall–Kier alpha value is -3.80. The Morgan fingerprint density at radius 1 is 1.00 bits per heavy atom. The van der Waals surface area contributed by atoms with Gasteiger partial charge in [0.15, 0.2) is 17.1 Å². The molecule has 6 heteroatoms. The molecule has 0 radical (unpaired) electrons. The third-order valence-corrected chi connectivity index (χ3v) is 4.78. The van der Waals surface area contributed by atoms with Crippen LogP contribution in [-0.2, 0) is 0 Å². The monoisotopic (exact) mass is 434 g/mol. The van der Waals surface area contributed by atoms with Crippen LogP contribution in [0.5, 0.6) is 17.2 Å². The number of para-hydroxylation sites is 1. The number of aromatic hydroxyl groups is 1. The lowest BCUT2D eigenvalue weighted by atomic mass is 10.1. The van der Waals surface area contributed by atoms with Gasteiger partial charge in [-0.25, -0.2) is 9.59 Å². The third kappa shape index (κ3) is 5.66. The molecule has 0 bridgehead atoms. The summed E-state index contributed by atoms with van der Waals surface area (Å²) in [6.07, 6.45) is 5.88. The molecule has 6 nitrogen and oxygen atoms in total. The molecule has 3 aromatic rings. The molecule has 166 valence electrons. The van der Waals surface area contributed by atoms with Crippen LogP contribution < -0.4 is 15.1 Å². The van der Waals surface area contributed by atoms with E-state index in [1.54, 1.807) is 42.5 Å². The zero-order chi connectivity index (χ0) is 23.1. The minimum absolute atomic E-state index is 0.0312. The SMILES string of the molecule is CC(C)=CCC/C(C)=C/COc1c(OC(=O)c2ccccc2)c(=O)oc2c(O)cccc12. The molecule has 2 aromatic carbocycles. The first-order valence-corrected chi connectivity index (χ1v) is 10.3. The number of rotatable bonds is 8. The summed E-state index contributed by atoms with van der Waals surface area (Å²) in [7, 11) is 0. The summed E-state index contributed by atoms with van der Waals surface area (Å²) in [4.78, 5) is 25.2. The summed E-state index contributed by atoms with van der Waals surface area (Å²) in [6.45, 7) is 6.27. The van der Waals surface area contributed by atoms with Crippen LogP contribution >= 0.6 is 0 Å². The molecule has 1 aromatic heterocycles. The van der Waals surface area contributed by atoms with Crippen LogP contribution in [0.2, 0.25) is 0 Å². The van der Waals surface area contributed by atoms with Crippen LogP contribution in [-0.4, -0.2) is 17.7 Å². The number of ether oxygens (including phenoxy) is 2. The molecule has 0 aliphatic heterocycles. The van der Waals surface area contributed by atoms with Crippen LogP contribution in [0.15, 0.2) is 81.0 Å². The fourth-order valence-electron chi connectivity index (χ4n) is 3.08. The van der Waals surface area contributed by atoms with Gasteiger partial charge in [0.2, 0.25) is 0 Å². The van der Waals surface area contributed by atoms with E-state index in [0.29, 0.717) is 5.39 Å². The Bertz CT molecular complexity index is 1210. The van der Waals surface area contributed by atoms with Gasteiger partial charge in [0.05, 0.1) is 10.9 Å². The molecule has 3 rings (SSSR count). The van der Waals surface area contributed by atoms with Crippen molar-refractivity contribution in [1.82, 2.24) is 0 Å². The summed E-state index contributed by atoms with van der Waals surface area (Å²) < 4.78 is 16.5. The lowest BCUT2D eigenvalue weighted by Gasteiger charge is -2.13. The van der Waals surface area contributed by atoms with Crippen molar-refractivity contribution in [2.45, 2.75) is 33.6 Å². The largest absolute Gasteiger partial charge is 0.504 e. The van der Waals surface area contributed by atoms with Gasteiger partial charge in [-0.15, -0.1) is 0 Å². The van der Waals surface area contributed by atoms with E-state index in [2.05, 4.69) is 19.9 Å². The Morgan fingerprint density at radius 3 is 2.47 bits per heavy atom. The minimum Gasteiger partial charge on any atom is -0.504 e. The van der Waals surface area contributed by atoms with E-state index in [4.69, 9.17) is 13.9 Å². The van der Waals surface area contributed by atoms with Crippen molar-refractivity contribution < 1.29 is 23.8 Å². The summed E-state index contributed by atoms with van der Waals surface area (Å²) in [5.74, 6) is -1.23.